The van der Waals surface area contributed by atoms with Crippen molar-refractivity contribution in [2.24, 2.45) is 0 Å². The largest absolute Gasteiger partial charge is 0.377 e. The lowest BCUT2D eigenvalue weighted by molar-refractivity contribution is 0.0572. The summed E-state index contributed by atoms with van der Waals surface area (Å²) in [6.45, 7) is 6.98. The molecule has 2 aliphatic heterocycles. The Balaban J connectivity index is 1.51. The van der Waals surface area contributed by atoms with E-state index in [0.29, 0.717) is 17.4 Å². The second-order valence-corrected chi connectivity index (χ2v) is 6.49. The average molecular weight is 328 g/mol. The van der Waals surface area contributed by atoms with Crippen LogP contribution in [0, 0.1) is 18.3 Å². The van der Waals surface area contributed by atoms with Crippen LogP contribution in [0.4, 0.5) is 10.5 Å². The predicted molar refractivity (Wildman–Crippen MR) is 91.9 cm³/mol. The maximum Gasteiger partial charge on any atom is 0.321 e. The number of carbonyl (C=O) groups is 1. The van der Waals surface area contributed by atoms with E-state index in [-0.39, 0.29) is 6.03 Å². The van der Waals surface area contributed by atoms with Gasteiger partial charge in [0.25, 0.3) is 0 Å². The molecular formula is C18H24N4O2. The number of aryl methyl sites for hydroxylation is 1. The van der Waals surface area contributed by atoms with Crippen LogP contribution in [0.3, 0.4) is 0 Å². The molecule has 0 aliphatic carbocycles. The first-order chi connectivity index (χ1) is 11.7. The molecule has 24 heavy (non-hydrogen) atoms. The van der Waals surface area contributed by atoms with Gasteiger partial charge < -0.3 is 15.0 Å². The van der Waals surface area contributed by atoms with Gasteiger partial charge >= 0.3 is 6.03 Å². The van der Waals surface area contributed by atoms with Gasteiger partial charge in [0.2, 0.25) is 0 Å². The first kappa shape index (κ1) is 16.7. The lowest BCUT2D eigenvalue weighted by Gasteiger charge is -2.35. The summed E-state index contributed by atoms with van der Waals surface area (Å²) < 4.78 is 5.68. The molecule has 2 fully saturated rings. The maximum atomic E-state index is 12.5. The van der Waals surface area contributed by atoms with Crippen LogP contribution in [-0.2, 0) is 4.74 Å². The van der Waals surface area contributed by atoms with Gasteiger partial charge in [-0.25, -0.2) is 4.79 Å². The number of benzene rings is 1. The highest BCUT2D eigenvalue weighted by molar-refractivity contribution is 5.90. The molecule has 0 spiro atoms. The van der Waals surface area contributed by atoms with Crippen LogP contribution in [0.15, 0.2) is 18.2 Å². The minimum absolute atomic E-state index is 0.0926. The van der Waals surface area contributed by atoms with E-state index in [0.717, 1.165) is 57.7 Å². The highest BCUT2D eigenvalue weighted by atomic mass is 16.5. The molecule has 0 bridgehead atoms. The van der Waals surface area contributed by atoms with E-state index >= 15 is 0 Å². The summed E-state index contributed by atoms with van der Waals surface area (Å²) in [6.07, 6.45) is 2.67. The molecule has 1 aromatic rings. The molecule has 2 amide bonds. The van der Waals surface area contributed by atoms with Crippen molar-refractivity contribution in [1.29, 1.82) is 5.26 Å². The van der Waals surface area contributed by atoms with E-state index in [2.05, 4.69) is 16.3 Å². The Morgan fingerprint density at radius 3 is 2.83 bits per heavy atom. The van der Waals surface area contributed by atoms with Gasteiger partial charge in [-0.2, -0.15) is 5.26 Å². The molecule has 3 rings (SSSR count). The SMILES string of the molecule is Cc1ccc(C#N)cc1NC(=O)N1CCN(C[C@@H]2CCCO2)CC1. The second-order valence-electron chi connectivity index (χ2n) is 6.49. The van der Waals surface area contributed by atoms with Gasteiger partial charge in [0, 0.05) is 45.0 Å². The molecule has 128 valence electrons. The summed E-state index contributed by atoms with van der Waals surface area (Å²) in [7, 11) is 0. The van der Waals surface area contributed by atoms with Crippen LogP contribution in [-0.4, -0.2) is 61.3 Å². The molecule has 2 saturated heterocycles. The summed E-state index contributed by atoms with van der Waals surface area (Å²) in [4.78, 5) is 16.7. The van der Waals surface area contributed by atoms with Crippen molar-refractivity contribution >= 4 is 11.7 Å². The van der Waals surface area contributed by atoms with Crippen molar-refractivity contribution in [3.8, 4) is 6.07 Å². The molecule has 6 heteroatoms. The Morgan fingerprint density at radius 1 is 1.38 bits per heavy atom. The quantitative estimate of drug-likeness (QED) is 0.923. The molecule has 0 aromatic heterocycles. The number of urea groups is 1. The minimum atomic E-state index is -0.0926. The van der Waals surface area contributed by atoms with Gasteiger partial charge in [-0.1, -0.05) is 6.07 Å². The molecule has 2 heterocycles. The molecule has 2 aliphatic rings. The second kappa shape index (κ2) is 7.65. The number of piperazine rings is 1. The number of hydrogen-bond acceptors (Lipinski definition) is 4. The van der Waals surface area contributed by atoms with Crippen molar-refractivity contribution < 1.29 is 9.53 Å². The van der Waals surface area contributed by atoms with Crippen LogP contribution >= 0.6 is 0 Å². The summed E-state index contributed by atoms with van der Waals surface area (Å²) in [5.41, 5.74) is 2.22. The van der Waals surface area contributed by atoms with Crippen molar-refractivity contribution in [3.63, 3.8) is 0 Å². The molecule has 6 nitrogen and oxygen atoms in total. The first-order valence-electron chi connectivity index (χ1n) is 8.56. The average Bonchev–Trinajstić information content (AvgIpc) is 3.10. The van der Waals surface area contributed by atoms with Gasteiger partial charge in [0.15, 0.2) is 0 Å². The number of amides is 2. The van der Waals surface area contributed by atoms with Crippen molar-refractivity contribution in [1.82, 2.24) is 9.80 Å². The van der Waals surface area contributed by atoms with Crippen LogP contribution in [0.2, 0.25) is 0 Å². The van der Waals surface area contributed by atoms with E-state index in [1.807, 2.05) is 17.9 Å². The number of anilines is 1. The Morgan fingerprint density at radius 2 is 2.17 bits per heavy atom. The number of rotatable bonds is 3. The third kappa shape index (κ3) is 4.05. The normalized spacial score (nSPS) is 21.5. The van der Waals surface area contributed by atoms with Crippen LogP contribution in [0.5, 0.6) is 0 Å². The molecule has 1 N–H and O–H groups in total. The fourth-order valence-corrected chi connectivity index (χ4v) is 3.23. The van der Waals surface area contributed by atoms with Crippen molar-refractivity contribution in [3.05, 3.63) is 29.3 Å². The lowest BCUT2D eigenvalue weighted by Crippen LogP contribution is -2.51. The predicted octanol–water partition coefficient (Wildman–Crippen LogP) is 2.20. The Hall–Kier alpha value is -2.10. The van der Waals surface area contributed by atoms with Crippen LogP contribution in [0.1, 0.15) is 24.0 Å². The van der Waals surface area contributed by atoms with Crippen molar-refractivity contribution in [2.45, 2.75) is 25.9 Å². The molecule has 1 atom stereocenters. The molecule has 1 aromatic carbocycles. The standard InChI is InChI=1S/C18H24N4O2/c1-14-4-5-15(12-19)11-17(14)20-18(23)22-8-6-21(7-9-22)13-16-3-2-10-24-16/h4-5,11,16H,2-3,6-10,13H2,1H3,(H,20,23)/t16-/m0/s1. The smallest absolute Gasteiger partial charge is 0.321 e. The van der Waals surface area contributed by atoms with E-state index in [9.17, 15) is 4.79 Å². The van der Waals surface area contributed by atoms with Crippen molar-refractivity contribution in [2.75, 3.05) is 44.6 Å². The molecule has 0 radical (unpaired) electrons. The van der Waals surface area contributed by atoms with Gasteiger partial charge in [-0.3, -0.25) is 4.90 Å². The topological polar surface area (TPSA) is 68.6 Å². The third-order valence-electron chi connectivity index (χ3n) is 4.75. The zero-order valence-corrected chi connectivity index (χ0v) is 14.1. The van der Waals surface area contributed by atoms with E-state index in [1.54, 1.807) is 12.1 Å². The number of hydrogen-bond donors (Lipinski definition) is 1. The summed E-state index contributed by atoms with van der Waals surface area (Å²) in [5.74, 6) is 0. The fourth-order valence-electron chi connectivity index (χ4n) is 3.23. The van der Waals surface area contributed by atoms with Crippen LogP contribution in [0.25, 0.3) is 0 Å². The third-order valence-corrected chi connectivity index (χ3v) is 4.75. The highest BCUT2D eigenvalue weighted by Crippen LogP contribution is 2.18. The molecular weight excluding hydrogens is 304 g/mol. The maximum absolute atomic E-state index is 12.5. The number of nitrogens with zero attached hydrogens (tertiary/aromatic N) is 3. The minimum Gasteiger partial charge on any atom is -0.377 e. The van der Waals surface area contributed by atoms with E-state index < -0.39 is 0 Å². The van der Waals surface area contributed by atoms with Crippen LogP contribution < -0.4 is 5.32 Å². The lowest BCUT2D eigenvalue weighted by atomic mass is 10.1. The Kier molecular flexibility index (Phi) is 5.34. The Labute approximate surface area is 143 Å². The number of ether oxygens (including phenoxy) is 1. The molecule has 0 saturated carbocycles. The van der Waals surface area contributed by atoms with E-state index in [4.69, 9.17) is 10.00 Å². The number of nitriles is 1. The summed E-state index contributed by atoms with van der Waals surface area (Å²) >= 11 is 0. The Bertz CT molecular complexity index is 626. The van der Waals surface area contributed by atoms with Gasteiger partial charge in [0.1, 0.15) is 0 Å². The van der Waals surface area contributed by atoms with Gasteiger partial charge in [0.05, 0.1) is 17.7 Å². The van der Waals surface area contributed by atoms with E-state index in [1.165, 1.54) is 0 Å². The zero-order chi connectivity index (χ0) is 16.9. The van der Waals surface area contributed by atoms with Gasteiger partial charge in [-0.05, 0) is 37.5 Å². The summed E-state index contributed by atoms with van der Waals surface area (Å²) in [5, 5.41) is 11.9. The first-order valence-corrected chi connectivity index (χ1v) is 8.56. The summed E-state index contributed by atoms with van der Waals surface area (Å²) in [6, 6.07) is 7.35. The number of carbonyl (C=O) groups excluding carboxylic acids is 1. The highest BCUT2D eigenvalue weighted by Gasteiger charge is 2.25. The zero-order valence-electron chi connectivity index (χ0n) is 14.1. The molecule has 0 unspecified atom stereocenters. The monoisotopic (exact) mass is 328 g/mol. The fraction of sp³-hybridized carbons (Fsp3) is 0.556. The van der Waals surface area contributed by atoms with Gasteiger partial charge in [-0.15, -0.1) is 0 Å². The number of nitrogens with one attached hydrogen (secondary N) is 1.